The standard InChI is InChI=1S/C13H14N2O3/c1-7(2)9-6-12(18)15-13(14-9)8-3-4-10(16)11(17)5-8/h3-7,16-17H,1-2H3,(H,14,15,18). The molecule has 0 amide bonds. The third kappa shape index (κ3) is 2.34. The van der Waals surface area contributed by atoms with Crippen molar-refractivity contribution in [2.75, 3.05) is 0 Å². The number of aromatic amines is 1. The number of nitrogens with zero attached hydrogens (tertiary/aromatic N) is 1. The van der Waals surface area contributed by atoms with Crippen molar-refractivity contribution in [3.05, 3.63) is 40.3 Å². The number of aromatic nitrogens is 2. The van der Waals surface area contributed by atoms with Crippen molar-refractivity contribution in [2.24, 2.45) is 0 Å². The maximum absolute atomic E-state index is 11.5. The van der Waals surface area contributed by atoms with Crippen LogP contribution in [0.3, 0.4) is 0 Å². The molecule has 3 N–H and O–H groups in total. The van der Waals surface area contributed by atoms with Gasteiger partial charge in [-0.3, -0.25) is 4.79 Å². The van der Waals surface area contributed by atoms with Crippen molar-refractivity contribution in [3.8, 4) is 22.9 Å². The van der Waals surface area contributed by atoms with E-state index in [2.05, 4.69) is 9.97 Å². The van der Waals surface area contributed by atoms with E-state index in [1.807, 2.05) is 13.8 Å². The van der Waals surface area contributed by atoms with E-state index < -0.39 is 0 Å². The van der Waals surface area contributed by atoms with Crippen LogP contribution in [0.25, 0.3) is 11.4 Å². The monoisotopic (exact) mass is 246 g/mol. The first-order chi connectivity index (χ1) is 8.47. The maximum Gasteiger partial charge on any atom is 0.251 e. The molecule has 18 heavy (non-hydrogen) atoms. The van der Waals surface area contributed by atoms with Gasteiger partial charge in [-0.1, -0.05) is 13.8 Å². The minimum atomic E-state index is -0.245. The highest BCUT2D eigenvalue weighted by Crippen LogP contribution is 2.28. The van der Waals surface area contributed by atoms with Crippen LogP contribution in [0.15, 0.2) is 29.1 Å². The van der Waals surface area contributed by atoms with Gasteiger partial charge in [0, 0.05) is 11.6 Å². The second-order valence-corrected chi connectivity index (χ2v) is 4.38. The number of phenols is 2. The van der Waals surface area contributed by atoms with Gasteiger partial charge in [0.2, 0.25) is 0 Å². The summed E-state index contributed by atoms with van der Waals surface area (Å²) >= 11 is 0. The molecule has 1 aromatic carbocycles. The minimum absolute atomic E-state index is 0.136. The molecule has 0 saturated carbocycles. The van der Waals surface area contributed by atoms with Gasteiger partial charge >= 0.3 is 0 Å². The highest BCUT2D eigenvalue weighted by atomic mass is 16.3. The fourth-order valence-electron chi connectivity index (χ4n) is 1.58. The first-order valence-electron chi connectivity index (χ1n) is 5.61. The van der Waals surface area contributed by atoms with E-state index in [0.29, 0.717) is 17.1 Å². The van der Waals surface area contributed by atoms with E-state index in [0.717, 1.165) is 0 Å². The van der Waals surface area contributed by atoms with Crippen LogP contribution in [0.2, 0.25) is 0 Å². The number of hydrogen-bond donors (Lipinski definition) is 3. The number of H-pyrrole nitrogens is 1. The molecule has 0 aliphatic rings. The van der Waals surface area contributed by atoms with Crippen molar-refractivity contribution in [3.63, 3.8) is 0 Å². The molecule has 2 rings (SSSR count). The van der Waals surface area contributed by atoms with Crippen LogP contribution < -0.4 is 5.56 Å². The average molecular weight is 246 g/mol. The summed E-state index contributed by atoms with van der Waals surface area (Å²) in [6.07, 6.45) is 0. The zero-order chi connectivity index (χ0) is 13.3. The summed E-state index contributed by atoms with van der Waals surface area (Å²) in [5.74, 6) is 0.0597. The van der Waals surface area contributed by atoms with E-state index in [4.69, 9.17) is 0 Å². The van der Waals surface area contributed by atoms with Gasteiger partial charge in [-0.05, 0) is 24.1 Å². The summed E-state index contributed by atoms with van der Waals surface area (Å²) in [6, 6.07) is 5.75. The van der Waals surface area contributed by atoms with Crippen LogP contribution in [0.4, 0.5) is 0 Å². The Hall–Kier alpha value is -2.30. The molecule has 0 aliphatic heterocycles. The quantitative estimate of drug-likeness (QED) is 0.707. The van der Waals surface area contributed by atoms with Crippen molar-refractivity contribution in [1.29, 1.82) is 0 Å². The summed E-state index contributed by atoms with van der Waals surface area (Å²) in [4.78, 5) is 18.5. The maximum atomic E-state index is 11.5. The molecule has 0 unspecified atom stereocenters. The molecule has 0 atom stereocenters. The number of rotatable bonds is 2. The highest BCUT2D eigenvalue weighted by Gasteiger charge is 2.09. The summed E-state index contributed by atoms with van der Waals surface area (Å²) in [6.45, 7) is 3.89. The molecule has 94 valence electrons. The van der Waals surface area contributed by atoms with Crippen molar-refractivity contribution in [1.82, 2.24) is 9.97 Å². The fraction of sp³-hybridized carbons (Fsp3) is 0.231. The summed E-state index contributed by atoms with van der Waals surface area (Å²) < 4.78 is 0. The Morgan fingerprint density at radius 1 is 1.17 bits per heavy atom. The van der Waals surface area contributed by atoms with Crippen LogP contribution in [-0.4, -0.2) is 20.2 Å². The molecule has 0 saturated heterocycles. The molecule has 5 heteroatoms. The number of benzene rings is 1. The third-order valence-electron chi connectivity index (χ3n) is 2.60. The molecule has 0 fully saturated rings. The van der Waals surface area contributed by atoms with Gasteiger partial charge in [0.25, 0.3) is 5.56 Å². The minimum Gasteiger partial charge on any atom is -0.504 e. The van der Waals surface area contributed by atoms with Gasteiger partial charge in [-0.2, -0.15) is 0 Å². The third-order valence-corrected chi connectivity index (χ3v) is 2.60. The topological polar surface area (TPSA) is 86.2 Å². The lowest BCUT2D eigenvalue weighted by molar-refractivity contribution is 0.404. The second kappa shape index (κ2) is 4.52. The number of aromatic hydroxyl groups is 2. The molecule has 0 radical (unpaired) electrons. The number of nitrogens with one attached hydrogen (secondary N) is 1. The molecule has 0 aliphatic carbocycles. The van der Waals surface area contributed by atoms with E-state index in [1.165, 1.54) is 18.2 Å². The van der Waals surface area contributed by atoms with Gasteiger partial charge in [0.15, 0.2) is 11.5 Å². The fourth-order valence-corrected chi connectivity index (χ4v) is 1.58. The highest BCUT2D eigenvalue weighted by molar-refractivity contribution is 5.60. The van der Waals surface area contributed by atoms with Crippen LogP contribution in [-0.2, 0) is 0 Å². The van der Waals surface area contributed by atoms with Crippen molar-refractivity contribution >= 4 is 0 Å². The molecule has 1 heterocycles. The Labute approximate surface area is 104 Å². The Bertz CT molecular complexity index is 632. The van der Waals surface area contributed by atoms with Crippen molar-refractivity contribution < 1.29 is 10.2 Å². The molecular weight excluding hydrogens is 232 g/mol. The smallest absolute Gasteiger partial charge is 0.251 e. The van der Waals surface area contributed by atoms with Crippen molar-refractivity contribution in [2.45, 2.75) is 19.8 Å². The van der Waals surface area contributed by atoms with Gasteiger partial charge < -0.3 is 15.2 Å². The molecule has 0 spiro atoms. The zero-order valence-corrected chi connectivity index (χ0v) is 10.1. The average Bonchev–Trinajstić information content (AvgIpc) is 2.31. The van der Waals surface area contributed by atoms with Gasteiger partial charge in [0.05, 0.1) is 5.69 Å². The van der Waals surface area contributed by atoms with Crippen LogP contribution in [0, 0.1) is 0 Å². The van der Waals surface area contributed by atoms with Crippen LogP contribution in [0.5, 0.6) is 11.5 Å². The molecule has 1 aromatic heterocycles. The number of hydrogen-bond acceptors (Lipinski definition) is 4. The predicted molar refractivity (Wildman–Crippen MR) is 67.7 cm³/mol. The van der Waals surface area contributed by atoms with E-state index in [-0.39, 0.29) is 23.0 Å². The summed E-state index contributed by atoms with van der Waals surface area (Å²) in [7, 11) is 0. The van der Waals surface area contributed by atoms with Crippen LogP contribution in [0.1, 0.15) is 25.5 Å². The SMILES string of the molecule is CC(C)c1cc(=O)[nH]c(-c2ccc(O)c(O)c2)n1. The lowest BCUT2D eigenvalue weighted by atomic mass is 10.1. The number of phenolic OH excluding ortho intramolecular Hbond substituents is 2. The van der Waals surface area contributed by atoms with E-state index in [1.54, 1.807) is 6.07 Å². The lowest BCUT2D eigenvalue weighted by Crippen LogP contribution is -2.11. The summed E-state index contributed by atoms with van der Waals surface area (Å²) in [5, 5.41) is 18.7. The predicted octanol–water partition coefficient (Wildman–Crippen LogP) is 1.97. The Kier molecular flexibility index (Phi) is 3.06. The van der Waals surface area contributed by atoms with Gasteiger partial charge in [0.1, 0.15) is 5.82 Å². The first kappa shape index (κ1) is 12.2. The Morgan fingerprint density at radius 2 is 1.89 bits per heavy atom. The van der Waals surface area contributed by atoms with Gasteiger partial charge in [-0.15, -0.1) is 0 Å². The van der Waals surface area contributed by atoms with E-state index >= 15 is 0 Å². The largest absolute Gasteiger partial charge is 0.504 e. The molecule has 2 aromatic rings. The van der Waals surface area contributed by atoms with Gasteiger partial charge in [-0.25, -0.2) is 4.98 Å². The second-order valence-electron chi connectivity index (χ2n) is 4.38. The molecule has 0 bridgehead atoms. The zero-order valence-electron chi connectivity index (χ0n) is 10.1. The molecular formula is C13H14N2O3. The molecule has 5 nitrogen and oxygen atoms in total. The Balaban J connectivity index is 2.56. The van der Waals surface area contributed by atoms with Crippen LogP contribution >= 0.6 is 0 Å². The first-order valence-corrected chi connectivity index (χ1v) is 5.61. The normalized spacial score (nSPS) is 10.8. The summed E-state index contributed by atoms with van der Waals surface area (Å²) in [5.41, 5.74) is 0.988. The van der Waals surface area contributed by atoms with E-state index in [9.17, 15) is 15.0 Å². The lowest BCUT2D eigenvalue weighted by Gasteiger charge is -2.07. The Morgan fingerprint density at radius 3 is 2.50 bits per heavy atom.